The molecule has 0 bridgehead atoms. The number of carbonyl (C=O) groups excluding carboxylic acids is 11. The topological polar surface area (TPSA) is 343 Å². The zero-order valence-electron chi connectivity index (χ0n) is 83.2. The van der Waals surface area contributed by atoms with Gasteiger partial charge in [-0.05, 0) is 170 Å². The zero-order chi connectivity index (χ0) is 103. The molecule has 145 heavy (non-hydrogen) atoms. The molecule has 1 aromatic heterocycles. The number of nitrogens with one attached hydrogen (secondary N) is 8. The number of benzene rings is 12. The molecule has 14 rings (SSSR count). The number of nitrogens with zero attached hydrogens (tertiary/aromatic N) is 1. The lowest BCUT2D eigenvalue weighted by Crippen LogP contribution is -2.62. The first-order valence-corrected chi connectivity index (χ1v) is 51.4. The average Bonchev–Trinajstić information content (AvgIpc) is 1.09. The second kappa shape index (κ2) is 48.5. The molecule has 1 heterocycles. The number of ketones is 1. The summed E-state index contributed by atoms with van der Waals surface area (Å²) in [6.45, 7) is 15.4. The Balaban J connectivity index is 0.797. The SMILES string of the molecule is CSCC[C@H](NC(=O)[C@H](CC(=O)NC(c1ccccc1)(c1ccccc1)c1ccccc1)NC(=O)[C@@H](NC(=O)[C@@H](N)CSC(c1ccccc1)(c1ccccc1)c1ccccc1)[C@@H](C)OC(C)(C)C)C(=O)N[C@@H](CC(C)C)C(=O)N[C@@H](Cc1cn(C(=O)OC(C)(C)C)c2ccccc12)C(=O)N[C@@H](CCC(=O)NC(c1ccccc1)(c1ccccc1)c1ccccc1)C(=O)C(=O)OCC1c2ccccc2-c2ccccc21. The van der Waals surface area contributed by atoms with Gasteiger partial charge in [0.05, 0.1) is 40.5 Å². The third-order valence-electron chi connectivity index (χ3n) is 25.7. The van der Waals surface area contributed by atoms with Crippen LogP contribution >= 0.6 is 23.5 Å². The van der Waals surface area contributed by atoms with Crippen molar-refractivity contribution in [3.63, 3.8) is 0 Å². The van der Waals surface area contributed by atoms with E-state index in [2.05, 4.69) is 42.5 Å². The van der Waals surface area contributed by atoms with E-state index in [4.69, 9.17) is 19.9 Å². The number of hydrogen-bond donors (Lipinski definition) is 9. The fourth-order valence-electron chi connectivity index (χ4n) is 19.0. The maximum atomic E-state index is 16.2. The van der Waals surface area contributed by atoms with Crippen LogP contribution in [0, 0.1) is 5.92 Å². The summed E-state index contributed by atoms with van der Waals surface area (Å²) in [7, 11) is 0. The number of rotatable bonds is 44. The third-order valence-corrected chi connectivity index (χ3v) is 28.0. The molecule has 0 radical (unpaired) electrons. The summed E-state index contributed by atoms with van der Waals surface area (Å²) in [5, 5.41) is 24.4. The van der Waals surface area contributed by atoms with Gasteiger partial charge in [-0.3, -0.25) is 47.7 Å². The molecule has 24 nitrogen and oxygen atoms in total. The highest BCUT2D eigenvalue weighted by molar-refractivity contribution is 8.00. The molecule has 10 N–H and O–H groups in total. The minimum atomic E-state index is -1.87. The Kier molecular flexibility index (Phi) is 35.4. The van der Waals surface area contributed by atoms with Crippen LogP contribution in [-0.4, -0.2) is 154 Å². The minimum absolute atomic E-state index is 0.00541. The normalized spacial score (nSPS) is 13.8. The summed E-state index contributed by atoms with van der Waals surface area (Å²) >= 11 is 2.77. The van der Waals surface area contributed by atoms with E-state index in [1.165, 1.54) is 34.3 Å². The summed E-state index contributed by atoms with van der Waals surface area (Å²) in [4.78, 5) is 172. The number of Topliss-reactive ketones (excluding diaryl/α,β-unsaturated/α-hetero) is 1. The lowest BCUT2D eigenvalue weighted by Gasteiger charge is -2.37. The van der Waals surface area contributed by atoms with Gasteiger partial charge in [0.25, 0.3) is 5.78 Å². The first kappa shape index (κ1) is 106. The molecule has 0 aliphatic heterocycles. The summed E-state index contributed by atoms with van der Waals surface area (Å²) in [6.07, 6.45) is -1.09. The Hall–Kier alpha value is -14.8. The molecule has 26 heteroatoms. The van der Waals surface area contributed by atoms with Crippen LogP contribution in [0.2, 0.25) is 0 Å². The average molecular weight is 1980 g/mol. The van der Waals surface area contributed by atoms with E-state index in [-0.39, 0.29) is 31.0 Å². The van der Waals surface area contributed by atoms with Crippen molar-refractivity contribution in [1.29, 1.82) is 0 Å². The zero-order valence-corrected chi connectivity index (χ0v) is 84.8. The Morgan fingerprint density at radius 1 is 0.400 bits per heavy atom. The van der Waals surface area contributed by atoms with E-state index in [1.54, 1.807) is 92.8 Å². The Labute approximate surface area is 856 Å². The molecule has 1 aliphatic carbocycles. The number of ether oxygens (including phenoxy) is 3. The molecule has 0 saturated heterocycles. The first-order chi connectivity index (χ1) is 69.8. The largest absolute Gasteiger partial charge is 0.459 e. The van der Waals surface area contributed by atoms with Crippen molar-refractivity contribution in [2.75, 3.05) is 24.4 Å². The highest BCUT2D eigenvalue weighted by atomic mass is 32.2. The lowest BCUT2D eigenvalue weighted by atomic mass is 9.77. The predicted octanol–water partition coefficient (Wildman–Crippen LogP) is 17.2. The van der Waals surface area contributed by atoms with Crippen molar-refractivity contribution in [2.45, 2.75) is 182 Å². The number of carbonyl (C=O) groups is 11. The summed E-state index contributed by atoms with van der Waals surface area (Å²) in [5.74, 6) is -10.2. The van der Waals surface area contributed by atoms with Gasteiger partial charge in [-0.2, -0.15) is 11.8 Å². The van der Waals surface area contributed by atoms with E-state index in [1.807, 2.05) is 322 Å². The highest BCUT2D eigenvalue weighted by Gasteiger charge is 2.46. The van der Waals surface area contributed by atoms with Crippen LogP contribution in [-0.2, 0) is 84.4 Å². The summed E-state index contributed by atoms with van der Waals surface area (Å²) < 4.78 is 18.9. The van der Waals surface area contributed by atoms with E-state index < -0.39 is 178 Å². The second-order valence-electron chi connectivity index (χ2n) is 38.8. The van der Waals surface area contributed by atoms with Crippen LogP contribution in [0.25, 0.3) is 22.0 Å². The highest BCUT2D eigenvalue weighted by Crippen LogP contribution is 2.50. The number of thioether (sulfide) groups is 2. The molecule has 12 aromatic carbocycles. The van der Waals surface area contributed by atoms with E-state index in [0.717, 1.165) is 38.9 Å². The maximum Gasteiger partial charge on any atom is 0.419 e. The van der Waals surface area contributed by atoms with Crippen molar-refractivity contribution >= 4 is 99.5 Å². The fourth-order valence-corrected chi connectivity index (χ4v) is 21.0. The summed E-state index contributed by atoms with van der Waals surface area (Å²) in [5.41, 5.74) is 13.3. The van der Waals surface area contributed by atoms with Gasteiger partial charge in [-0.25, -0.2) is 9.59 Å². The third kappa shape index (κ3) is 25.9. The monoisotopic (exact) mass is 1980 g/mol. The van der Waals surface area contributed by atoms with Gasteiger partial charge in [0.1, 0.15) is 53.5 Å². The van der Waals surface area contributed by atoms with Crippen molar-refractivity contribution < 1.29 is 67.0 Å². The van der Waals surface area contributed by atoms with Crippen LogP contribution < -0.4 is 48.3 Å². The first-order valence-electron chi connectivity index (χ1n) is 49.0. The van der Waals surface area contributed by atoms with Crippen LogP contribution in [0.15, 0.2) is 352 Å². The van der Waals surface area contributed by atoms with Crippen LogP contribution in [0.3, 0.4) is 0 Å². The molecule has 0 spiro atoms. The van der Waals surface area contributed by atoms with Crippen LogP contribution in [0.4, 0.5) is 4.79 Å². The number of nitrogens with two attached hydrogens (primary N) is 1. The van der Waals surface area contributed by atoms with Gasteiger partial charge in [-0.15, -0.1) is 11.8 Å². The smallest absolute Gasteiger partial charge is 0.419 e. The minimum Gasteiger partial charge on any atom is -0.459 e. The van der Waals surface area contributed by atoms with E-state index >= 15 is 43.2 Å². The van der Waals surface area contributed by atoms with Gasteiger partial charge in [0, 0.05) is 36.1 Å². The number of para-hydroxylation sites is 1. The molecular formula is C119H126N10O14S2. The van der Waals surface area contributed by atoms with Gasteiger partial charge in [0.15, 0.2) is 0 Å². The molecule has 0 fully saturated rings. The lowest BCUT2D eigenvalue weighted by molar-refractivity contribution is -0.155. The van der Waals surface area contributed by atoms with Gasteiger partial charge >= 0.3 is 12.1 Å². The van der Waals surface area contributed by atoms with Crippen molar-refractivity contribution in [2.24, 2.45) is 11.7 Å². The van der Waals surface area contributed by atoms with E-state index in [9.17, 15) is 9.59 Å². The number of fused-ring (bicyclic) bond motifs is 4. The fraction of sp³-hybridized carbons (Fsp3) is 0.286. The standard InChI is InChI=1S/C119H126N10O14S2/c1-78(2)72-99(109(135)124-100(73-80-75-129(114(140)143-116(7,8)9)102-67-43-42-62-90(80)102)110(136)121-97(106(132)113(139)141-76-95-93-65-40-38-63-91(93)92-64-39-41-66-94(92)95)68-69-103(130)127-117(81-44-20-11-21-45-81,82-46-22-12-23-47-82)83-48-24-13-25-49-83)123-108(134)98(70-71-144-10)122-111(137)101(74-104(131)128-118(84-50-26-14-27-51-84,85-52-28-15-29-53-85)86-54-30-16-31-55-86)125-112(138)105(79(3)142-115(4,5)6)126-107(133)96(120)77-145-119(87-56-32-17-33-57-87,88-58-34-18-35-59-88)89-60-36-19-37-61-89/h11-67,75,78-79,95-101,105H,68-74,76-77,120H2,1-10H3,(H,121,136)(H,122,137)(H,123,134)(H,124,135)(H,125,138)(H,126,133)(H,127,130)(H,128,131)/t79-,96+,97+,98+,99+,100+,101+,105+/m1/s1. The molecule has 748 valence electrons. The van der Waals surface area contributed by atoms with Crippen molar-refractivity contribution in [1.82, 2.24) is 47.1 Å². The number of amides is 8. The number of aromatic nitrogens is 1. The molecule has 13 aromatic rings. The second-order valence-corrected chi connectivity index (χ2v) is 41.0. The molecule has 8 amide bonds. The Morgan fingerprint density at radius 3 is 1.22 bits per heavy atom. The number of hydrogen-bond acceptors (Lipinski definition) is 17. The quantitative estimate of drug-likeness (QED) is 0.00973. The van der Waals surface area contributed by atoms with E-state index in [0.29, 0.717) is 49.8 Å². The van der Waals surface area contributed by atoms with Gasteiger partial charge in [-0.1, -0.05) is 354 Å². The van der Waals surface area contributed by atoms with Crippen molar-refractivity contribution in [3.05, 3.63) is 419 Å². The molecule has 0 unspecified atom stereocenters. The number of esters is 1. The van der Waals surface area contributed by atoms with Gasteiger partial charge in [0.2, 0.25) is 47.3 Å². The molecule has 8 atom stereocenters. The Morgan fingerprint density at radius 2 is 0.779 bits per heavy atom. The molecular weight excluding hydrogens is 1860 g/mol. The van der Waals surface area contributed by atoms with Crippen molar-refractivity contribution in [3.8, 4) is 11.1 Å². The molecule has 0 saturated carbocycles. The van der Waals surface area contributed by atoms with Crippen LogP contribution in [0.1, 0.15) is 167 Å². The predicted molar refractivity (Wildman–Crippen MR) is 569 cm³/mol. The van der Waals surface area contributed by atoms with Gasteiger partial charge < -0.3 is 62.5 Å². The Bertz CT molecular complexity index is 6300. The van der Waals surface area contributed by atoms with Crippen LogP contribution in [0.5, 0.6) is 0 Å². The molecule has 1 aliphatic rings. The maximum absolute atomic E-state index is 16.2. The summed E-state index contributed by atoms with van der Waals surface area (Å²) in [6, 6.07) is 96.1.